The normalized spacial score (nSPS) is 20.2. The lowest BCUT2D eigenvalue weighted by Gasteiger charge is -2.32. The fourth-order valence-corrected chi connectivity index (χ4v) is 3.52. The molecule has 3 rings (SSSR count). The van der Waals surface area contributed by atoms with Crippen molar-refractivity contribution in [2.24, 2.45) is 0 Å². The number of amides is 2. The molecule has 2 heterocycles. The second kappa shape index (κ2) is 6.03. The van der Waals surface area contributed by atoms with Crippen LogP contribution in [0.3, 0.4) is 0 Å². The number of hydrogen-bond acceptors (Lipinski definition) is 4. The number of rotatable bonds is 4. The molecule has 2 amide bonds. The van der Waals surface area contributed by atoms with Gasteiger partial charge in [-0.3, -0.25) is 5.32 Å². The van der Waals surface area contributed by atoms with Gasteiger partial charge in [0.2, 0.25) is 0 Å². The summed E-state index contributed by atoms with van der Waals surface area (Å²) in [6, 6.07) is 2.14. The van der Waals surface area contributed by atoms with Gasteiger partial charge >= 0.3 is 12.0 Å². The summed E-state index contributed by atoms with van der Waals surface area (Å²) in [5, 5.41) is 16.6. The van der Waals surface area contributed by atoms with Gasteiger partial charge in [0, 0.05) is 25.2 Å². The maximum absolute atomic E-state index is 12.0. The average molecular weight is 309 g/mol. The van der Waals surface area contributed by atoms with Crippen LogP contribution < -0.4 is 10.6 Å². The molecule has 1 aliphatic carbocycles. The molecule has 21 heavy (non-hydrogen) atoms. The van der Waals surface area contributed by atoms with Crippen LogP contribution in [0.2, 0.25) is 0 Å². The number of hydrogen-bond donors (Lipinski definition) is 3. The van der Waals surface area contributed by atoms with Gasteiger partial charge in [-0.25, -0.2) is 9.59 Å². The van der Waals surface area contributed by atoms with Crippen molar-refractivity contribution in [3.63, 3.8) is 0 Å². The molecule has 7 heteroatoms. The number of thiophene rings is 1. The lowest BCUT2D eigenvalue weighted by molar-refractivity contribution is 0.0698. The molecule has 2 aliphatic rings. The Hall–Kier alpha value is -1.60. The Bertz CT molecular complexity index is 533. The van der Waals surface area contributed by atoms with Gasteiger partial charge in [0.15, 0.2) is 0 Å². The standard InChI is InChI=1S/C14H19N3O3S/c18-13(19)11-5-8-21-12(11)16-14(20)15-9-3-6-17(7-4-9)10-1-2-10/h5,8-10H,1-4,6-7H2,(H,18,19)(H2,15,16,20). The zero-order valence-electron chi connectivity index (χ0n) is 11.7. The lowest BCUT2D eigenvalue weighted by Crippen LogP contribution is -2.46. The molecule has 114 valence electrons. The van der Waals surface area contributed by atoms with E-state index in [0.29, 0.717) is 5.00 Å². The number of carboxylic acids is 1. The van der Waals surface area contributed by atoms with Gasteiger partial charge in [0.1, 0.15) is 5.00 Å². The highest BCUT2D eigenvalue weighted by atomic mass is 32.1. The first-order chi connectivity index (χ1) is 10.1. The smallest absolute Gasteiger partial charge is 0.338 e. The molecule has 0 atom stereocenters. The van der Waals surface area contributed by atoms with E-state index in [0.717, 1.165) is 32.0 Å². The van der Waals surface area contributed by atoms with Gasteiger partial charge in [-0.1, -0.05) is 0 Å². The van der Waals surface area contributed by atoms with Crippen molar-refractivity contribution in [2.45, 2.75) is 37.8 Å². The number of carbonyl (C=O) groups excluding carboxylic acids is 1. The Kier molecular flexibility index (Phi) is 4.12. The predicted octanol–water partition coefficient (Wildman–Crippen LogP) is 2.19. The molecule has 0 unspecified atom stereocenters. The van der Waals surface area contributed by atoms with Crippen LogP contribution in [-0.4, -0.2) is 47.2 Å². The molecule has 1 aromatic heterocycles. The van der Waals surface area contributed by atoms with Crippen molar-refractivity contribution >= 4 is 28.3 Å². The molecule has 0 radical (unpaired) electrons. The molecular formula is C14H19N3O3S. The van der Waals surface area contributed by atoms with E-state index in [9.17, 15) is 9.59 Å². The number of urea groups is 1. The summed E-state index contributed by atoms with van der Waals surface area (Å²) in [7, 11) is 0. The zero-order valence-corrected chi connectivity index (χ0v) is 12.5. The van der Waals surface area contributed by atoms with Crippen LogP contribution in [0.15, 0.2) is 11.4 Å². The Morgan fingerprint density at radius 2 is 1.95 bits per heavy atom. The van der Waals surface area contributed by atoms with Crippen molar-refractivity contribution in [2.75, 3.05) is 18.4 Å². The van der Waals surface area contributed by atoms with Crippen molar-refractivity contribution in [3.05, 3.63) is 17.0 Å². The molecule has 1 aliphatic heterocycles. The third-order valence-corrected chi connectivity index (χ3v) is 4.88. The maximum atomic E-state index is 12.0. The number of piperidine rings is 1. The highest BCUT2D eigenvalue weighted by molar-refractivity contribution is 7.14. The van der Waals surface area contributed by atoms with Crippen molar-refractivity contribution < 1.29 is 14.7 Å². The molecule has 1 saturated heterocycles. The van der Waals surface area contributed by atoms with Crippen molar-refractivity contribution in [3.8, 4) is 0 Å². The summed E-state index contributed by atoms with van der Waals surface area (Å²) in [6.45, 7) is 2.07. The highest BCUT2D eigenvalue weighted by Crippen LogP contribution is 2.29. The van der Waals surface area contributed by atoms with E-state index in [1.165, 1.54) is 30.2 Å². The van der Waals surface area contributed by atoms with Gasteiger partial charge in [-0.15, -0.1) is 11.3 Å². The van der Waals surface area contributed by atoms with E-state index in [-0.39, 0.29) is 17.6 Å². The van der Waals surface area contributed by atoms with Crippen molar-refractivity contribution in [1.82, 2.24) is 10.2 Å². The fourth-order valence-electron chi connectivity index (χ4n) is 2.75. The first-order valence-corrected chi connectivity index (χ1v) is 8.14. The molecule has 6 nitrogen and oxygen atoms in total. The highest BCUT2D eigenvalue weighted by Gasteiger charge is 2.32. The van der Waals surface area contributed by atoms with Crippen LogP contribution in [0.25, 0.3) is 0 Å². The number of nitrogens with zero attached hydrogens (tertiary/aromatic N) is 1. The van der Waals surface area contributed by atoms with Gasteiger partial charge in [-0.2, -0.15) is 0 Å². The Morgan fingerprint density at radius 1 is 1.24 bits per heavy atom. The minimum atomic E-state index is -1.02. The first kappa shape index (κ1) is 14.3. The van der Waals surface area contributed by atoms with Crippen molar-refractivity contribution in [1.29, 1.82) is 0 Å². The Morgan fingerprint density at radius 3 is 2.57 bits per heavy atom. The molecule has 0 bridgehead atoms. The van der Waals surface area contributed by atoms with Gasteiger partial charge < -0.3 is 15.3 Å². The monoisotopic (exact) mass is 309 g/mol. The summed E-state index contributed by atoms with van der Waals surface area (Å²) >= 11 is 1.22. The fraction of sp³-hybridized carbons (Fsp3) is 0.571. The summed E-state index contributed by atoms with van der Waals surface area (Å²) in [6.07, 6.45) is 4.55. The predicted molar refractivity (Wildman–Crippen MR) is 81.0 cm³/mol. The van der Waals surface area contributed by atoms with Crippen LogP contribution in [0.5, 0.6) is 0 Å². The third kappa shape index (κ3) is 3.54. The second-order valence-corrected chi connectivity index (χ2v) is 6.52. The average Bonchev–Trinajstić information content (AvgIpc) is 3.19. The summed E-state index contributed by atoms with van der Waals surface area (Å²) < 4.78 is 0. The third-order valence-electron chi connectivity index (χ3n) is 4.05. The van der Waals surface area contributed by atoms with Crippen LogP contribution >= 0.6 is 11.3 Å². The van der Waals surface area contributed by atoms with Gasteiger partial charge in [-0.05, 0) is 37.1 Å². The molecule has 0 aromatic carbocycles. The topological polar surface area (TPSA) is 81.7 Å². The number of carbonyl (C=O) groups is 2. The minimum absolute atomic E-state index is 0.138. The van der Waals surface area contributed by atoms with Crippen LogP contribution in [-0.2, 0) is 0 Å². The summed E-state index contributed by atoms with van der Waals surface area (Å²) in [4.78, 5) is 25.4. The zero-order chi connectivity index (χ0) is 14.8. The lowest BCUT2D eigenvalue weighted by atomic mass is 10.1. The molecular weight excluding hydrogens is 290 g/mol. The van der Waals surface area contributed by atoms with E-state index in [4.69, 9.17) is 5.11 Å². The second-order valence-electron chi connectivity index (χ2n) is 5.61. The van der Waals surface area contributed by atoms with Gasteiger partial charge in [0.05, 0.1) is 5.56 Å². The molecule has 1 aromatic rings. The maximum Gasteiger partial charge on any atom is 0.338 e. The molecule has 0 spiro atoms. The van der Waals surface area contributed by atoms with E-state index in [1.807, 2.05) is 0 Å². The van der Waals surface area contributed by atoms with E-state index < -0.39 is 5.97 Å². The number of aromatic carboxylic acids is 1. The molecule has 2 fully saturated rings. The van der Waals surface area contributed by atoms with E-state index in [2.05, 4.69) is 15.5 Å². The number of nitrogens with one attached hydrogen (secondary N) is 2. The first-order valence-electron chi connectivity index (χ1n) is 7.26. The summed E-state index contributed by atoms with van der Waals surface area (Å²) in [5.74, 6) is -1.02. The number of likely N-dealkylation sites (tertiary alicyclic amines) is 1. The van der Waals surface area contributed by atoms with Gasteiger partial charge in [0.25, 0.3) is 0 Å². The van der Waals surface area contributed by atoms with E-state index in [1.54, 1.807) is 5.38 Å². The minimum Gasteiger partial charge on any atom is -0.478 e. The molecule has 1 saturated carbocycles. The number of carboxylic acid groups (broad SMARTS) is 1. The Balaban J connectivity index is 1.48. The van der Waals surface area contributed by atoms with Crippen LogP contribution in [0, 0.1) is 0 Å². The largest absolute Gasteiger partial charge is 0.478 e. The Labute approximate surface area is 127 Å². The quantitative estimate of drug-likeness (QED) is 0.796. The molecule has 3 N–H and O–H groups in total. The van der Waals surface area contributed by atoms with Crippen LogP contribution in [0.4, 0.5) is 9.80 Å². The number of anilines is 1. The van der Waals surface area contributed by atoms with E-state index >= 15 is 0 Å². The van der Waals surface area contributed by atoms with Crippen LogP contribution in [0.1, 0.15) is 36.0 Å². The SMILES string of the molecule is O=C(Nc1sccc1C(=O)O)NC1CCN(C2CC2)CC1. The summed E-state index contributed by atoms with van der Waals surface area (Å²) in [5.41, 5.74) is 0.138.